The molecule has 0 spiro atoms. The highest BCUT2D eigenvalue weighted by Crippen LogP contribution is 2.36. The Morgan fingerprint density at radius 3 is 2.42 bits per heavy atom. The van der Waals surface area contributed by atoms with Crippen molar-refractivity contribution in [1.82, 2.24) is 4.90 Å². The SMILES string of the molecule is O=C1CC(=O)N2C(c3ccc(Sc4ccccc4)cc3)=CSC2=N1. The summed E-state index contributed by atoms with van der Waals surface area (Å²) < 4.78 is 0. The summed E-state index contributed by atoms with van der Waals surface area (Å²) >= 11 is 3.00. The molecule has 2 aromatic rings. The van der Waals surface area contributed by atoms with Crippen LogP contribution >= 0.6 is 23.5 Å². The summed E-state index contributed by atoms with van der Waals surface area (Å²) in [6, 6.07) is 18.2. The molecule has 0 aromatic heterocycles. The first-order valence-corrected chi connectivity index (χ1v) is 9.05. The molecule has 0 saturated carbocycles. The molecule has 2 aliphatic heterocycles. The lowest BCUT2D eigenvalue weighted by molar-refractivity contribution is -0.131. The van der Waals surface area contributed by atoms with E-state index in [2.05, 4.69) is 17.1 Å². The number of carbonyl (C=O) groups excluding carboxylic acids is 2. The molecule has 0 saturated heterocycles. The van der Waals surface area contributed by atoms with Gasteiger partial charge in [0.15, 0.2) is 5.17 Å². The Balaban J connectivity index is 1.56. The lowest BCUT2D eigenvalue weighted by atomic mass is 10.1. The van der Waals surface area contributed by atoms with Crippen LogP contribution in [0.15, 0.2) is 74.8 Å². The zero-order valence-corrected chi connectivity index (χ0v) is 14.1. The first kappa shape index (κ1) is 15.2. The second kappa shape index (κ2) is 6.30. The Labute approximate surface area is 147 Å². The maximum absolute atomic E-state index is 12.1. The Bertz CT molecular complexity index is 874. The van der Waals surface area contributed by atoms with Gasteiger partial charge >= 0.3 is 0 Å². The number of amidine groups is 1. The maximum Gasteiger partial charge on any atom is 0.257 e. The van der Waals surface area contributed by atoms with Gasteiger partial charge in [0.2, 0.25) is 5.91 Å². The fraction of sp³-hybridized carbons (Fsp3) is 0.0556. The first-order chi connectivity index (χ1) is 11.7. The largest absolute Gasteiger partial charge is 0.273 e. The van der Waals surface area contributed by atoms with Crippen LogP contribution in [-0.2, 0) is 9.59 Å². The van der Waals surface area contributed by atoms with Crippen molar-refractivity contribution in [2.24, 2.45) is 4.99 Å². The third-order valence-corrected chi connectivity index (χ3v) is 5.45. The molecule has 0 radical (unpaired) electrons. The fourth-order valence-electron chi connectivity index (χ4n) is 2.50. The van der Waals surface area contributed by atoms with Crippen LogP contribution in [0.4, 0.5) is 0 Å². The van der Waals surface area contributed by atoms with Crippen molar-refractivity contribution < 1.29 is 9.59 Å². The number of thioether (sulfide) groups is 1. The predicted octanol–water partition coefficient (Wildman–Crippen LogP) is 4.00. The molecule has 2 aromatic carbocycles. The summed E-state index contributed by atoms with van der Waals surface area (Å²) in [5, 5.41) is 2.32. The van der Waals surface area contributed by atoms with Gasteiger partial charge in [-0.1, -0.05) is 53.9 Å². The molecular formula is C18H12N2O2S2. The van der Waals surface area contributed by atoms with Gasteiger partial charge in [-0.3, -0.25) is 14.5 Å². The molecule has 0 fully saturated rings. The minimum absolute atomic E-state index is 0.163. The van der Waals surface area contributed by atoms with Crippen LogP contribution < -0.4 is 0 Å². The van der Waals surface area contributed by atoms with Crippen molar-refractivity contribution in [1.29, 1.82) is 0 Å². The number of carbonyl (C=O) groups is 2. The summed E-state index contributed by atoms with van der Waals surface area (Å²) in [6.07, 6.45) is -0.163. The molecule has 0 atom stereocenters. The van der Waals surface area contributed by atoms with Crippen LogP contribution in [0.3, 0.4) is 0 Å². The molecule has 0 aliphatic carbocycles. The van der Waals surface area contributed by atoms with Gasteiger partial charge in [0.25, 0.3) is 5.91 Å². The van der Waals surface area contributed by atoms with E-state index < -0.39 is 0 Å². The minimum atomic E-state index is -0.372. The van der Waals surface area contributed by atoms with Crippen molar-refractivity contribution in [3.8, 4) is 0 Å². The number of aliphatic imine (C=N–C) groups is 1. The minimum Gasteiger partial charge on any atom is -0.273 e. The van der Waals surface area contributed by atoms with Gasteiger partial charge in [-0.25, -0.2) is 0 Å². The Kier molecular flexibility index (Phi) is 4.00. The molecule has 0 unspecified atom stereocenters. The molecule has 4 rings (SSSR count). The number of rotatable bonds is 3. The summed E-state index contributed by atoms with van der Waals surface area (Å²) in [4.78, 5) is 31.3. The summed E-state index contributed by atoms with van der Waals surface area (Å²) in [5.41, 5.74) is 1.72. The highest BCUT2D eigenvalue weighted by Gasteiger charge is 2.34. The third-order valence-electron chi connectivity index (χ3n) is 3.61. The number of benzene rings is 2. The van der Waals surface area contributed by atoms with Crippen molar-refractivity contribution in [2.75, 3.05) is 0 Å². The number of nitrogens with zero attached hydrogens (tertiary/aromatic N) is 2. The lowest BCUT2D eigenvalue weighted by Crippen LogP contribution is -2.36. The molecule has 4 nitrogen and oxygen atoms in total. The molecule has 118 valence electrons. The maximum atomic E-state index is 12.1. The van der Waals surface area contributed by atoms with E-state index in [0.717, 1.165) is 16.2 Å². The van der Waals surface area contributed by atoms with Crippen molar-refractivity contribution >= 4 is 46.2 Å². The monoisotopic (exact) mass is 352 g/mol. The van der Waals surface area contributed by atoms with Crippen LogP contribution in [0.2, 0.25) is 0 Å². The molecule has 2 heterocycles. The number of hydrogen-bond donors (Lipinski definition) is 0. The average Bonchev–Trinajstić information content (AvgIpc) is 3.00. The van der Waals surface area contributed by atoms with Gasteiger partial charge in [-0.2, -0.15) is 4.99 Å². The summed E-state index contributed by atoms with van der Waals surface area (Å²) in [5.74, 6) is -0.591. The van der Waals surface area contributed by atoms with Crippen LogP contribution in [0.5, 0.6) is 0 Å². The second-order valence-electron chi connectivity index (χ2n) is 5.25. The molecule has 24 heavy (non-hydrogen) atoms. The second-order valence-corrected chi connectivity index (χ2v) is 7.24. The van der Waals surface area contributed by atoms with E-state index in [1.165, 1.54) is 21.6 Å². The molecule has 2 aliphatic rings. The molecular weight excluding hydrogens is 340 g/mol. The van der Waals surface area contributed by atoms with Gasteiger partial charge < -0.3 is 0 Å². The van der Waals surface area contributed by atoms with Crippen LogP contribution in [-0.4, -0.2) is 21.9 Å². The highest BCUT2D eigenvalue weighted by molar-refractivity contribution is 8.17. The fourth-order valence-corrected chi connectivity index (χ4v) is 4.26. The summed E-state index contributed by atoms with van der Waals surface area (Å²) in [7, 11) is 0. The lowest BCUT2D eigenvalue weighted by Gasteiger charge is -2.22. The zero-order valence-electron chi connectivity index (χ0n) is 12.5. The van der Waals surface area contributed by atoms with E-state index in [1.807, 2.05) is 47.9 Å². The number of fused-ring (bicyclic) bond motifs is 1. The third kappa shape index (κ3) is 2.90. The number of hydrogen-bond acceptors (Lipinski definition) is 4. The first-order valence-electron chi connectivity index (χ1n) is 7.35. The zero-order chi connectivity index (χ0) is 16.5. The van der Waals surface area contributed by atoms with Crippen molar-refractivity contribution in [2.45, 2.75) is 16.2 Å². The van der Waals surface area contributed by atoms with E-state index in [1.54, 1.807) is 11.8 Å². The molecule has 0 bridgehead atoms. The predicted molar refractivity (Wildman–Crippen MR) is 96.5 cm³/mol. The van der Waals surface area contributed by atoms with E-state index in [0.29, 0.717) is 5.17 Å². The average molecular weight is 352 g/mol. The number of amides is 2. The van der Waals surface area contributed by atoms with Crippen molar-refractivity contribution in [3.63, 3.8) is 0 Å². The standard InChI is InChI=1S/C18H12N2O2S2/c21-16-10-17(22)20-15(11-23-18(20)19-16)12-6-8-14(9-7-12)24-13-4-2-1-3-5-13/h1-9,11H,10H2. The molecule has 0 N–H and O–H groups in total. The normalized spacial score (nSPS) is 16.8. The Hall–Kier alpha value is -2.31. The van der Waals surface area contributed by atoms with Crippen LogP contribution in [0.25, 0.3) is 5.70 Å². The van der Waals surface area contributed by atoms with Gasteiger partial charge in [-0.05, 0) is 29.8 Å². The van der Waals surface area contributed by atoms with E-state index in [-0.39, 0.29) is 18.2 Å². The van der Waals surface area contributed by atoms with Gasteiger partial charge in [0, 0.05) is 15.2 Å². The summed E-state index contributed by atoms with van der Waals surface area (Å²) in [6.45, 7) is 0. The van der Waals surface area contributed by atoms with Gasteiger partial charge in [-0.15, -0.1) is 0 Å². The quantitative estimate of drug-likeness (QED) is 0.784. The molecule has 2 amide bonds. The van der Waals surface area contributed by atoms with E-state index in [4.69, 9.17) is 0 Å². The molecule has 6 heteroatoms. The van der Waals surface area contributed by atoms with Crippen LogP contribution in [0, 0.1) is 0 Å². The smallest absolute Gasteiger partial charge is 0.257 e. The van der Waals surface area contributed by atoms with Gasteiger partial charge in [0.1, 0.15) is 6.42 Å². The topological polar surface area (TPSA) is 49.7 Å². The van der Waals surface area contributed by atoms with E-state index >= 15 is 0 Å². The van der Waals surface area contributed by atoms with Crippen molar-refractivity contribution in [3.05, 3.63) is 65.6 Å². The van der Waals surface area contributed by atoms with Crippen LogP contribution in [0.1, 0.15) is 12.0 Å². The van der Waals surface area contributed by atoms with Gasteiger partial charge in [0.05, 0.1) is 5.70 Å². The Morgan fingerprint density at radius 1 is 0.958 bits per heavy atom. The van der Waals surface area contributed by atoms with E-state index in [9.17, 15) is 9.59 Å². The highest BCUT2D eigenvalue weighted by atomic mass is 32.2. The Morgan fingerprint density at radius 2 is 1.67 bits per heavy atom.